The van der Waals surface area contributed by atoms with Gasteiger partial charge in [-0.15, -0.1) is 0 Å². The second kappa shape index (κ2) is 6.76. The Balaban J connectivity index is 1.32. The molecule has 2 fully saturated rings. The predicted molar refractivity (Wildman–Crippen MR) is 107 cm³/mol. The molecule has 2 aliphatic rings. The SMILES string of the molecule is O=C(c1ccc(C2(O)COC2)cc1)N1CCCC(c2cc3ccccc3[nH]2)C1. The van der Waals surface area contributed by atoms with E-state index in [1.165, 1.54) is 11.1 Å². The average molecular weight is 376 g/mol. The van der Waals surface area contributed by atoms with E-state index >= 15 is 0 Å². The zero-order valence-electron chi connectivity index (χ0n) is 15.7. The van der Waals surface area contributed by atoms with E-state index in [0.717, 1.165) is 37.0 Å². The van der Waals surface area contributed by atoms with Gasteiger partial charge in [-0.1, -0.05) is 30.3 Å². The molecule has 3 heterocycles. The molecule has 1 atom stereocenters. The maximum absolute atomic E-state index is 13.0. The second-order valence-electron chi connectivity index (χ2n) is 8.00. The van der Waals surface area contributed by atoms with E-state index in [9.17, 15) is 9.90 Å². The first-order valence-corrected chi connectivity index (χ1v) is 9.90. The summed E-state index contributed by atoms with van der Waals surface area (Å²) < 4.78 is 5.11. The maximum Gasteiger partial charge on any atom is 0.253 e. The highest BCUT2D eigenvalue weighted by atomic mass is 16.5. The molecule has 2 saturated heterocycles. The Hall–Kier alpha value is -2.63. The maximum atomic E-state index is 13.0. The van der Waals surface area contributed by atoms with Gasteiger partial charge < -0.3 is 19.7 Å². The van der Waals surface area contributed by atoms with Crippen molar-refractivity contribution in [3.63, 3.8) is 0 Å². The van der Waals surface area contributed by atoms with Crippen LogP contribution in [0.1, 0.15) is 40.4 Å². The molecule has 0 bridgehead atoms. The van der Waals surface area contributed by atoms with Crippen LogP contribution < -0.4 is 0 Å². The molecule has 0 aliphatic carbocycles. The molecule has 0 spiro atoms. The van der Waals surface area contributed by atoms with Crippen LogP contribution in [0.15, 0.2) is 54.6 Å². The van der Waals surface area contributed by atoms with Crippen LogP contribution in [0.2, 0.25) is 0 Å². The predicted octanol–water partition coefficient (Wildman–Crippen LogP) is 3.41. The van der Waals surface area contributed by atoms with Crippen LogP contribution in [0.3, 0.4) is 0 Å². The monoisotopic (exact) mass is 376 g/mol. The number of fused-ring (bicyclic) bond motifs is 1. The normalized spacial score (nSPS) is 21.5. The molecule has 1 aromatic heterocycles. The number of aromatic nitrogens is 1. The third-order valence-corrected chi connectivity index (χ3v) is 6.05. The topological polar surface area (TPSA) is 65.6 Å². The molecular weight excluding hydrogens is 352 g/mol. The van der Waals surface area contributed by atoms with E-state index in [2.05, 4.69) is 23.2 Å². The molecule has 144 valence electrons. The van der Waals surface area contributed by atoms with Gasteiger partial charge in [0.15, 0.2) is 0 Å². The van der Waals surface area contributed by atoms with Gasteiger partial charge in [-0.3, -0.25) is 4.79 Å². The third kappa shape index (κ3) is 3.01. The largest absolute Gasteiger partial charge is 0.380 e. The van der Waals surface area contributed by atoms with Gasteiger partial charge in [0.1, 0.15) is 5.60 Å². The van der Waals surface area contributed by atoms with E-state index < -0.39 is 5.60 Å². The minimum absolute atomic E-state index is 0.0595. The summed E-state index contributed by atoms with van der Waals surface area (Å²) in [7, 11) is 0. The fraction of sp³-hybridized carbons (Fsp3) is 0.348. The molecule has 5 nitrogen and oxygen atoms in total. The number of hydrogen-bond donors (Lipinski definition) is 2. The Labute approximate surface area is 163 Å². The van der Waals surface area contributed by atoms with Crippen molar-refractivity contribution >= 4 is 16.8 Å². The lowest BCUT2D eigenvalue weighted by atomic mass is 9.91. The standard InChI is InChI=1S/C23H24N2O3/c26-22(16-7-9-19(10-8-16)23(27)14-28-15-23)25-11-3-5-18(13-25)21-12-17-4-1-2-6-20(17)24-21/h1-2,4,6-10,12,18,24,27H,3,5,11,13-15H2. The van der Waals surface area contributed by atoms with Crippen LogP contribution in [0.5, 0.6) is 0 Å². The average Bonchev–Trinajstić information content (AvgIpc) is 3.16. The first-order chi connectivity index (χ1) is 13.6. The summed E-state index contributed by atoms with van der Waals surface area (Å²) in [5, 5.41) is 11.6. The van der Waals surface area contributed by atoms with E-state index in [0.29, 0.717) is 24.7 Å². The van der Waals surface area contributed by atoms with Gasteiger partial charge >= 0.3 is 0 Å². The van der Waals surface area contributed by atoms with Gasteiger partial charge in [-0.05, 0) is 48.1 Å². The number of benzene rings is 2. The fourth-order valence-electron chi connectivity index (χ4n) is 4.30. The quantitative estimate of drug-likeness (QED) is 0.736. The minimum atomic E-state index is -0.895. The van der Waals surface area contributed by atoms with Crippen molar-refractivity contribution in [2.75, 3.05) is 26.3 Å². The number of para-hydroxylation sites is 1. The molecule has 2 aliphatic heterocycles. The number of amides is 1. The smallest absolute Gasteiger partial charge is 0.253 e. The third-order valence-electron chi connectivity index (χ3n) is 6.05. The molecule has 0 radical (unpaired) electrons. The molecule has 2 N–H and O–H groups in total. The van der Waals surface area contributed by atoms with Gasteiger partial charge in [0.25, 0.3) is 5.91 Å². The first-order valence-electron chi connectivity index (χ1n) is 9.90. The van der Waals surface area contributed by atoms with Crippen LogP contribution in [0.4, 0.5) is 0 Å². The summed E-state index contributed by atoms with van der Waals surface area (Å²) in [6, 6.07) is 17.8. The number of likely N-dealkylation sites (tertiary alicyclic amines) is 1. The Kier molecular flexibility index (Phi) is 4.22. The molecule has 1 amide bonds. The highest BCUT2D eigenvalue weighted by Crippen LogP contribution is 2.31. The molecule has 5 rings (SSSR count). The van der Waals surface area contributed by atoms with Crippen molar-refractivity contribution in [3.05, 3.63) is 71.4 Å². The van der Waals surface area contributed by atoms with Gasteiger partial charge in [-0.2, -0.15) is 0 Å². The molecule has 28 heavy (non-hydrogen) atoms. The zero-order chi connectivity index (χ0) is 19.1. The van der Waals surface area contributed by atoms with Crippen molar-refractivity contribution in [2.24, 2.45) is 0 Å². The number of nitrogens with zero attached hydrogens (tertiary/aromatic N) is 1. The van der Waals surface area contributed by atoms with Crippen molar-refractivity contribution in [1.82, 2.24) is 9.88 Å². The summed E-state index contributed by atoms with van der Waals surface area (Å²) in [4.78, 5) is 18.5. The number of carbonyl (C=O) groups is 1. The number of rotatable bonds is 3. The zero-order valence-corrected chi connectivity index (χ0v) is 15.7. The lowest BCUT2D eigenvalue weighted by Crippen LogP contribution is -2.46. The van der Waals surface area contributed by atoms with Gasteiger partial charge in [0, 0.05) is 35.8 Å². The highest BCUT2D eigenvalue weighted by Gasteiger charge is 2.38. The van der Waals surface area contributed by atoms with Crippen LogP contribution in [-0.4, -0.2) is 47.2 Å². The van der Waals surface area contributed by atoms with Gasteiger partial charge in [0.05, 0.1) is 13.2 Å². The lowest BCUT2D eigenvalue weighted by molar-refractivity contribution is -0.184. The Bertz CT molecular complexity index is 971. The summed E-state index contributed by atoms with van der Waals surface area (Å²) >= 11 is 0. The van der Waals surface area contributed by atoms with E-state index in [1.54, 1.807) is 0 Å². The van der Waals surface area contributed by atoms with Crippen LogP contribution in [-0.2, 0) is 10.3 Å². The molecule has 1 unspecified atom stereocenters. The number of H-pyrrole nitrogens is 1. The van der Waals surface area contributed by atoms with Crippen LogP contribution >= 0.6 is 0 Å². The fourth-order valence-corrected chi connectivity index (χ4v) is 4.30. The summed E-state index contributed by atoms with van der Waals surface area (Å²) in [6.07, 6.45) is 2.09. The molecular formula is C23H24N2O3. The number of ether oxygens (including phenoxy) is 1. The van der Waals surface area contributed by atoms with Crippen molar-refractivity contribution in [1.29, 1.82) is 0 Å². The summed E-state index contributed by atoms with van der Waals surface area (Å²) in [6.45, 7) is 2.15. The molecule has 3 aromatic rings. The number of hydrogen-bond acceptors (Lipinski definition) is 3. The van der Waals surface area contributed by atoms with Gasteiger partial charge in [0.2, 0.25) is 0 Å². The lowest BCUT2D eigenvalue weighted by Gasteiger charge is -2.37. The van der Waals surface area contributed by atoms with Crippen LogP contribution in [0, 0.1) is 0 Å². The summed E-state index contributed by atoms with van der Waals surface area (Å²) in [5.74, 6) is 0.390. The molecule has 0 saturated carbocycles. The van der Waals surface area contributed by atoms with Crippen molar-refractivity contribution in [3.8, 4) is 0 Å². The number of aliphatic hydroxyl groups is 1. The Morgan fingerprint density at radius 2 is 1.93 bits per heavy atom. The summed E-state index contributed by atoms with van der Waals surface area (Å²) in [5.41, 5.74) is 2.94. The van der Waals surface area contributed by atoms with E-state index in [-0.39, 0.29) is 5.91 Å². The second-order valence-corrected chi connectivity index (χ2v) is 8.00. The van der Waals surface area contributed by atoms with Crippen molar-refractivity contribution in [2.45, 2.75) is 24.4 Å². The van der Waals surface area contributed by atoms with E-state index in [4.69, 9.17) is 4.74 Å². The number of piperidine rings is 1. The number of nitrogens with one attached hydrogen (secondary N) is 1. The highest BCUT2D eigenvalue weighted by molar-refractivity contribution is 5.94. The van der Waals surface area contributed by atoms with Crippen LogP contribution in [0.25, 0.3) is 10.9 Å². The first kappa shape index (κ1) is 17.5. The Morgan fingerprint density at radius 3 is 2.64 bits per heavy atom. The van der Waals surface area contributed by atoms with E-state index in [1.807, 2.05) is 41.3 Å². The Morgan fingerprint density at radius 1 is 1.14 bits per heavy atom. The number of carbonyl (C=O) groups excluding carboxylic acids is 1. The molecule has 2 aromatic carbocycles. The van der Waals surface area contributed by atoms with Gasteiger partial charge in [-0.25, -0.2) is 0 Å². The minimum Gasteiger partial charge on any atom is -0.380 e. The molecule has 5 heteroatoms. The van der Waals surface area contributed by atoms with Crippen molar-refractivity contribution < 1.29 is 14.6 Å². The number of aromatic amines is 1.